The molecular formula is C10H16O4. The molecule has 0 aromatic heterocycles. The van der Waals surface area contributed by atoms with Crippen molar-refractivity contribution in [1.82, 2.24) is 0 Å². The highest BCUT2D eigenvalue weighted by Gasteiger charge is 2.44. The summed E-state index contributed by atoms with van der Waals surface area (Å²) in [5.74, 6) is -1.76. The third-order valence-corrected chi connectivity index (χ3v) is 2.08. The average molecular weight is 200 g/mol. The number of rotatable bonds is 4. The normalized spacial score (nSPS) is 30.1. The third-order valence-electron chi connectivity index (χ3n) is 2.08. The van der Waals surface area contributed by atoms with Crippen LogP contribution >= 0.6 is 0 Å². The van der Waals surface area contributed by atoms with E-state index in [1.165, 1.54) is 0 Å². The molecule has 0 spiro atoms. The fourth-order valence-corrected chi connectivity index (χ4v) is 1.54. The van der Waals surface area contributed by atoms with E-state index in [2.05, 4.69) is 6.58 Å². The van der Waals surface area contributed by atoms with Crippen molar-refractivity contribution >= 4 is 5.97 Å². The van der Waals surface area contributed by atoms with Crippen LogP contribution in [0.3, 0.4) is 0 Å². The number of carbonyl (C=O) groups is 1. The Morgan fingerprint density at radius 2 is 2.21 bits per heavy atom. The minimum atomic E-state index is -0.968. The van der Waals surface area contributed by atoms with Crippen molar-refractivity contribution in [1.29, 1.82) is 0 Å². The second kappa shape index (κ2) is 4.11. The smallest absolute Gasteiger partial charge is 0.335 e. The van der Waals surface area contributed by atoms with Crippen LogP contribution in [0.15, 0.2) is 12.7 Å². The lowest BCUT2D eigenvalue weighted by molar-refractivity contribution is -0.165. The van der Waals surface area contributed by atoms with Gasteiger partial charge in [-0.3, -0.25) is 0 Å². The minimum absolute atomic E-state index is 0.375. The second-order valence-corrected chi connectivity index (χ2v) is 3.80. The molecule has 0 aromatic rings. The molecule has 0 amide bonds. The topological polar surface area (TPSA) is 55.8 Å². The molecule has 0 unspecified atom stereocenters. The number of hydrogen-bond acceptors (Lipinski definition) is 3. The maximum Gasteiger partial charge on any atom is 0.335 e. The molecule has 0 aliphatic carbocycles. The first kappa shape index (κ1) is 11.2. The molecule has 1 fully saturated rings. The van der Waals surface area contributed by atoms with Crippen LogP contribution in [0.4, 0.5) is 0 Å². The van der Waals surface area contributed by atoms with Gasteiger partial charge in [0, 0.05) is 0 Å². The molecule has 14 heavy (non-hydrogen) atoms. The van der Waals surface area contributed by atoms with E-state index < -0.39 is 17.9 Å². The minimum Gasteiger partial charge on any atom is -0.479 e. The molecule has 80 valence electrons. The summed E-state index contributed by atoms with van der Waals surface area (Å²) in [6, 6.07) is 0. The van der Waals surface area contributed by atoms with Gasteiger partial charge in [0.05, 0.1) is 6.10 Å². The highest BCUT2D eigenvalue weighted by Crippen LogP contribution is 2.30. The monoisotopic (exact) mass is 200 g/mol. The van der Waals surface area contributed by atoms with Crippen LogP contribution in [0, 0.1) is 0 Å². The number of aliphatic carboxylic acids is 1. The summed E-state index contributed by atoms with van der Waals surface area (Å²) in [6.45, 7) is 7.02. The van der Waals surface area contributed by atoms with Crippen LogP contribution in [0.1, 0.15) is 26.7 Å². The van der Waals surface area contributed by atoms with E-state index in [0.29, 0.717) is 6.42 Å². The quantitative estimate of drug-likeness (QED) is 0.700. The van der Waals surface area contributed by atoms with Gasteiger partial charge in [0.2, 0.25) is 0 Å². The lowest BCUT2D eigenvalue weighted by Crippen LogP contribution is -2.31. The van der Waals surface area contributed by atoms with Crippen molar-refractivity contribution < 1.29 is 19.4 Å². The fraction of sp³-hybridized carbons (Fsp3) is 0.700. The molecule has 0 bridgehead atoms. The molecule has 4 nitrogen and oxygen atoms in total. The summed E-state index contributed by atoms with van der Waals surface area (Å²) in [5, 5.41) is 8.88. The molecule has 1 rings (SSSR count). The van der Waals surface area contributed by atoms with Crippen LogP contribution in [0.25, 0.3) is 0 Å². The number of allylic oxidation sites excluding steroid dienone is 1. The SMILES string of the molecule is C=CCC[C@@H]1OC(C)(C)O[C@@H]1C(=O)O. The molecule has 0 aromatic carbocycles. The molecule has 4 heteroatoms. The van der Waals surface area contributed by atoms with Gasteiger partial charge in [0.25, 0.3) is 0 Å². The Labute approximate surface area is 83.5 Å². The standard InChI is InChI=1S/C10H16O4/c1-4-5-6-7-8(9(11)12)14-10(2,3)13-7/h4,7-8H,1,5-6H2,2-3H3,(H,11,12)/t7-,8-/m0/s1. The number of carboxylic acid groups (broad SMARTS) is 1. The summed E-state index contributed by atoms with van der Waals surface area (Å²) in [5.41, 5.74) is 0. The zero-order valence-electron chi connectivity index (χ0n) is 8.53. The van der Waals surface area contributed by atoms with Crippen molar-refractivity contribution in [3.8, 4) is 0 Å². The Hall–Kier alpha value is -0.870. The van der Waals surface area contributed by atoms with Crippen LogP contribution in [-0.2, 0) is 14.3 Å². The Kier molecular flexibility index (Phi) is 3.29. The largest absolute Gasteiger partial charge is 0.479 e. The highest BCUT2D eigenvalue weighted by atomic mass is 16.8. The Morgan fingerprint density at radius 1 is 1.57 bits per heavy atom. The van der Waals surface area contributed by atoms with E-state index in [9.17, 15) is 4.79 Å². The van der Waals surface area contributed by atoms with Crippen molar-refractivity contribution in [2.24, 2.45) is 0 Å². The zero-order valence-corrected chi connectivity index (χ0v) is 8.53. The first-order valence-electron chi connectivity index (χ1n) is 4.65. The molecular weight excluding hydrogens is 184 g/mol. The molecule has 0 radical (unpaired) electrons. The van der Waals surface area contributed by atoms with Gasteiger partial charge >= 0.3 is 5.97 Å². The Bertz CT molecular complexity index is 234. The van der Waals surface area contributed by atoms with Crippen molar-refractivity contribution in [2.75, 3.05) is 0 Å². The predicted octanol–water partition coefficient (Wildman–Crippen LogP) is 1.56. The van der Waals surface area contributed by atoms with Crippen LogP contribution in [0.5, 0.6) is 0 Å². The van der Waals surface area contributed by atoms with Gasteiger partial charge in [-0.05, 0) is 26.7 Å². The average Bonchev–Trinajstić information content (AvgIpc) is 2.38. The number of carboxylic acids is 1. The van der Waals surface area contributed by atoms with Crippen molar-refractivity contribution in [2.45, 2.75) is 44.7 Å². The van der Waals surface area contributed by atoms with E-state index in [0.717, 1.165) is 6.42 Å². The van der Waals surface area contributed by atoms with Crippen LogP contribution < -0.4 is 0 Å². The molecule has 1 aliphatic heterocycles. The van der Waals surface area contributed by atoms with E-state index in [4.69, 9.17) is 14.6 Å². The highest BCUT2D eigenvalue weighted by molar-refractivity contribution is 5.73. The van der Waals surface area contributed by atoms with Gasteiger partial charge in [-0.2, -0.15) is 0 Å². The zero-order chi connectivity index (χ0) is 10.8. The summed E-state index contributed by atoms with van der Waals surface area (Å²) in [7, 11) is 0. The second-order valence-electron chi connectivity index (χ2n) is 3.80. The van der Waals surface area contributed by atoms with Gasteiger partial charge in [-0.1, -0.05) is 6.08 Å². The Morgan fingerprint density at radius 3 is 2.71 bits per heavy atom. The van der Waals surface area contributed by atoms with Gasteiger partial charge < -0.3 is 14.6 Å². The summed E-state index contributed by atoms with van der Waals surface area (Å²) in [4.78, 5) is 10.8. The lowest BCUT2D eigenvalue weighted by Gasteiger charge is -2.16. The number of hydrogen-bond donors (Lipinski definition) is 1. The van der Waals surface area contributed by atoms with E-state index >= 15 is 0 Å². The molecule has 1 N–H and O–H groups in total. The summed E-state index contributed by atoms with van der Waals surface area (Å²) >= 11 is 0. The Balaban J connectivity index is 2.62. The van der Waals surface area contributed by atoms with Gasteiger partial charge in [0.15, 0.2) is 11.9 Å². The summed E-state index contributed by atoms with van der Waals surface area (Å²) in [6.07, 6.45) is 1.87. The number of ether oxygens (including phenoxy) is 2. The predicted molar refractivity (Wildman–Crippen MR) is 50.9 cm³/mol. The van der Waals surface area contributed by atoms with Gasteiger partial charge in [-0.25, -0.2) is 4.79 Å². The van der Waals surface area contributed by atoms with E-state index in [1.54, 1.807) is 19.9 Å². The molecule has 2 atom stereocenters. The van der Waals surface area contributed by atoms with Crippen LogP contribution in [-0.4, -0.2) is 29.1 Å². The van der Waals surface area contributed by atoms with Crippen LogP contribution in [0.2, 0.25) is 0 Å². The molecule has 0 saturated carbocycles. The molecule has 1 heterocycles. The van der Waals surface area contributed by atoms with E-state index in [1.807, 2.05) is 0 Å². The lowest BCUT2D eigenvalue weighted by atomic mass is 10.1. The van der Waals surface area contributed by atoms with Crippen molar-refractivity contribution in [3.63, 3.8) is 0 Å². The maximum atomic E-state index is 10.8. The maximum absolute atomic E-state index is 10.8. The fourth-order valence-electron chi connectivity index (χ4n) is 1.54. The molecule has 1 aliphatic rings. The first-order chi connectivity index (χ1) is 6.46. The van der Waals surface area contributed by atoms with E-state index in [-0.39, 0.29) is 6.10 Å². The van der Waals surface area contributed by atoms with Gasteiger partial charge in [0.1, 0.15) is 0 Å². The third kappa shape index (κ3) is 2.56. The first-order valence-corrected chi connectivity index (χ1v) is 4.65. The van der Waals surface area contributed by atoms with Gasteiger partial charge in [-0.15, -0.1) is 6.58 Å². The van der Waals surface area contributed by atoms with Crippen molar-refractivity contribution in [3.05, 3.63) is 12.7 Å². The summed E-state index contributed by atoms with van der Waals surface area (Å²) < 4.78 is 10.7. The molecule has 1 saturated heterocycles.